The van der Waals surface area contributed by atoms with Crippen LogP contribution in [0.2, 0.25) is 0 Å². The maximum absolute atomic E-state index is 11.5. The second-order valence-electron chi connectivity index (χ2n) is 3.44. The lowest BCUT2D eigenvalue weighted by Gasteiger charge is -1.98. The summed E-state index contributed by atoms with van der Waals surface area (Å²) in [6, 6.07) is 3.66. The lowest BCUT2D eigenvalue weighted by molar-refractivity contribution is 0.0938. The van der Waals surface area contributed by atoms with Crippen LogP contribution >= 0.6 is 0 Å². The minimum atomic E-state index is -0.321. The summed E-state index contributed by atoms with van der Waals surface area (Å²) in [5.41, 5.74) is 0. The summed E-state index contributed by atoms with van der Waals surface area (Å²) in [6.07, 6.45) is 0. The van der Waals surface area contributed by atoms with Gasteiger partial charge in [0.1, 0.15) is 17.3 Å². The SMILES string of the molecule is Cc1nc(C(=O)NCc2ccc(C)o2)n[nH]1. The van der Waals surface area contributed by atoms with Crippen LogP contribution in [0.3, 0.4) is 0 Å². The molecule has 0 aliphatic rings. The fraction of sp³-hybridized carbons (Fsp3) is 0.300. The first kappa shape index (κ1) is 10.4. The molecule has 0 fully saturated rings. The number of nitrogens with one attached hydrogen (secondary N) is 2. The van der Waals surface area contributed by atoms with Gasteiger partial charge in [-0.2, -0.15) is 0 Å². The van der Waals surface area contributed by atoms with E-state index in [1.54, 1.807) is 6.92 Å². The molecule has 2 heterocycles. The number of nitrogens with zero attached hydrogens (tertiary/aromatic N) is 2. The molecule has 0 aliphatic carbocycles. The van der Waals surface area contributed by atoms with Crippen molar-refractivity contribution in [3.8, 4) is 0 Å². The molecule has 2 aromatic heterocycles. The third-order valence-electron chi connectivity index (χ3n) is 2.02. The van der Waals surface area contributed by atoms with E-state index >= 15 is 0 Å². The molecule has 0 aliphatic heterocycles. The fourth-order valence-electron chi connectivity index (χ4n) is 1.27. The number of H-pyrrole nitrogens is 1. The van der Waals surface area contributed by atoms with E-state index < -0.39 is 0 Å². The molecule has 2 aromatic rings. The van der Waals surface area contributed by atoms with Crippen LogP contribution in [0.4, 0.5) is 0 Å². The van der Waals surface area contributed by atoms with Gasteiger partial charge in [0.15, 0.2) is 0 Å². The van der Waals surface area contributed by atoms with Gasteiger partial charge in [0.2, 0.25) is 5.82 Å². The van der Waals surface area contributed by atoms with Crippen molar-refractivity contribution in [2.45, 2.75) is 20.4 Å². The van der Waals surface area contributed by atoms with Crippen molar-refractivity contribution in [1.29, 1.82) is 0 Å². The Morgan fingerprint density at radius 1 is 1.50 bits per heavy atom. The van der Waals surface area contributed by atoms with Crippen LogP contribution in [-0.2, 0) is 6.54 Å². The third kappa shape index (κ3) is 2.28. The highest BCUT2D eigenvalue weighted by molar-refractivity contribution is 5.90. The van der Waals surface area contributed by atoms with Crippen LogP contribution in [-0.4, -0.2) is 21.1 Å². The van der Waals surface area contributed by atoms with E-state index in [1.165, 1.54) is 0 Å². The number of furan rings is 1. The first-order valence-corrected chi connectivity index (χ1v) is 4.87. The largest absolute Gasteiger partial charge is 0.465 e. The molecule has 6 nitrogen and oxygen atoms in total. The van der Waals surface area contributed by atoms with E-state index in [1.807, 2.05) is 19.1 Å². The average Bonchev–Trinajstić information content (AvgIpc) is 2.84. The second-order valence-corrected chi connectivity index (χ2v) is 3.44. The van der Waals surface area contributed by atoms with E-state index in [0.717, 1.165) is 5.76 Å². The van der Waals surface area contributed by atoms with Crippen LogP contribution in [0.5, 0.6) is 0 Å². The molecule has 16 heavy (non-hydrogen) atoms. The normalized spacial score (nSPS) is 10.4. The summed E-state index contributed by atoms with van der Waals surface area (Å²) in [4.78, 5) is 15.5. The summed E-state index contributed by atoms with van der Waals surface area (Å²) in [5, 5.41) is 9.03. The predicted octanol–water partition coefficient (Wildman–Crippen LogP) is 0.945. The second kappa shape index (κ2) is 4.18. The number of aromatic amines is 1. The maximum Gasteiger partial charge on any atom is 0.291 e. The number of rotatable bonds is 3. The molecular weight excluding hydrogens is 208 g/mol. The predicted molar refractivity (Wildman–Crippen MR) is 55.7 cm³/mol. The van der Waals surface area contributed by atoms with E-state index in [-0.39, 0.29) is 11.7 Å². The number of carbonyl (C=O) groups excluding carboxylic acids is 1. The van der Waals surface area contributed by atoms with Gasteiger partial charge >= 0.3 is 0 Å². The lowest BCUT2D eigenvalue weighted by atomic mass is 10.4. The standard InChI is InChI=1S/C10H12N4O2/c1-6-3-4-8(16-6)5-11-10(15)9-12-7(2)13-14-9/h3-4H,5H2,1-2H3,(H,11,15)(H,12,13,14). The molecule has 0 saturated carbocycles. The van der Waals surface area contributed by atoms with Crippen molar-refractivity contribution >= 4 is 5.91 Å². The molecule has 0 aromatic carbocycles. The molecule has 2 rings (SSSR count). The summed E-state index contributed by atoms with van der Waals surface area (Å²) in [6.45, 7) is 3.92. The fourth-order valence-corrected chi connectivity index (χ4v) is 1.27. The number of hydrogen-bond acceptors (Lipinski definition) is 4. The Bertz CT molecular complexity index is 500. The van der Waals surface area contributed by atoms with Gasteiger partial charge in [0.05, 0.1) is 6.54 Å². The number of aromatic nitrogens is 3. The topological polar surface area (TPSA) is 83.8 Å². The van der Waals surface area contributed by atoms with Gasteiger partial charge in [-0.05, 0) is 26.0 Å². The first-order valence-electron chi connectivity index (χ1n) is 4.87. The molecule has 0 saturated heterocycles. The van der Waals surface area contributed by atoms with Crippen LogP contribution in [0, 0.1) is 13.8 Å². The molecule has 0 atom stereocenters. The monoisotopic (exact) mass is 220 g/mol. The zero-order valence-electron chi connectivity index (χ0n) is 9.07. The summed E-state index contributed by atoms with van der Waals surface area (Å²) in [7, 11) is 0. The van der Waals surface area contributed by atoms with Gasteiger partial charge in [-0.3, -0.25) is 9.89 Å². The van der Waals surface area contributed by atoms with Crippen LogP contribution in [0.15, 0.2) is 16.5 Å². The summed E-state index contributed by atoms with van der Waals surface area (Å²) >= 11 is 0. The Hall–Kier alpha value is -2.11. The van der Waals surface area contributed by atoms with E-state index in [0.29, 0.717) is 18.1 Å². The van der Waals surface area contributed by atoms with Crippen molar-refractivity contribution < 1.29 is 9.21 Å². The summed E-state index contributed by atoms with van der Waals surface area (Å²) < 4.78 is 5.31. The highest BCUT2D eigenvalue weighted by Gasteiger charge is 2.11. The van der Waals surface area contributed by atoms with Crippen molar-refractivity contribution in [3.63, 3.8) is 0 Å². The molecule has 0 spiro atoms. The van der Waals surface area contributed by atoms with Gasteiger partial charge < -0.3 is 9.73 Å². The quantitative estimate of drug-likeness (QED) is 0.806. The number of amides is 1. The minimum absolute atomic E-state index is 0.140. The molecule has 6 heteroatoms. The Morgan fingerprint density at radius 3 is 2.88 bits per heavy atom. The molecular formula is C10H12N4O2. The molecule has 0 bridgehead atoms. The highest BCUT2D eigenvalue weighted by Crippen LogP contribution is 2.05. The lowest BCUT2D eigenvalue weighted by Crippen LogP contribution is -2.23. The Morgan fingerprint density at radius 2 is 2.31 bits per heavy atom. The van der Waals surface area contributed by atoms with E-state index in [4.69, 9.17) is 4.42 Å². The van der Waals surface area contributed by atoms with Crippen molar-refractivity contribution in [3.05, 3.63) is 35.3 Å². The Balaban J connectivity index is 1.93. The van der Waals surface area contributed by atoms with Gasteiger partial charge in [-0.1, -0.05) is 0 Å². The van der Waals surface area contributed by atoms with Crippen LogP contribution in [0.1, 0.15) is 28.0 Å². The smallest absolute Gasteiger partial charge is 0.291 e. The van der Waals surface area contributed by atoms with Crippen molar-refractivity contribution in [2.75, 3.05) is 0 Å². The van der Waals surface area contributed by atoms with Gasteiger partial charge in [-0.15, -0.1) is 5.10 Å². The highest BCUT2D eigenvalue weighted by atomic mass is 16.3. The Kier molecular flexibility index (Phi) is 2.72. The summed E-state index contributed by atoms with van der Waals surface area (Å²) in [5.74, 6) is 1.95. The van der Waals surface area contributed by atoms with Crippen LogP contribution < -0.4 is 5.32 Å². The zero-order chi connectivity index (χ0) is 11.5. The van der Waals surface area contributed by atoms with E-state index in [2.05, 4.69) is 20.5 Å². The first-order chi connectivity index (χ1) is 7.65. The third-order valence-corrected chi connectivity index (χ3v) is 2.02. The number of hydrogen-bond donors (Lipinski definition) is 2. The van der Waals surface area contributed by atoms with E-state index in [9.17, 15) is 4.79 Å². The van der Waals surface area contributed by atoms with Gasteiger partial charge in [0, 0.05) is 0 Å². The zero-order valence-corrected chi connectivity index (χ0v) is 9.07. The van der Waals surface area contributed by atoms with Crippen molar-refractivity contribution in [1.82, 2.24) is 20.5 Å². The molecule has 0 unspecified atom stereocenters. The van der Waals surface area contributed by atoms with Gasteiger partial charge in [-0.25, -0.2) is 4.98 Å². The molecule has 2 N–H and O–H groups in total. The van der Waals surface area contributed by atoms with Crippen LogP contribution in [0.25, 0.3) is 0 Å². The average molecular weight is 220 g/mol. The number of aryl methyl sites for hydroxylation is 2. The van der Waals surface area contributed by atoms with Crippen molar-refractivity contribution in [2.24, 2.45) is 0 Å². The van der Waals surface area contributed by atoms with Gasteiger partial charge in [0.25, 0.3) is 5.91 Å². The minimum Gasteiger partial charge on any atom is -0.465 e. The molecule has 84 valence electrons. The maximum atomic E-state index is 11.5. The molecule has 0 radical (unpaired) electrons. The molecule has 1 amide bonds. The Labute approximate surface area is 92.1 Å². The number of carbonyl (C=O) groups is 1.